The zero-order chi connectivity index (χ0) is 15.3. The molecule has 21 heavy (non-hydrogen) atoms. The zero-order valence-electron chi connectivity index (χ0n) is 14.0. The number of nitrogens with zero attached hydrogens (tertiary/aromatic N) is 1. The molecule has 2 fully saturated rings. The van der Waals surface area contributed by atoms with E-state index in [0.29, 0.717) is 11.5 Å². The summed E-state index contributed by atoms with van der Waals surface area (Å²) in [6, 6.07) is 4.21. The Labute approximate surface area is 128 Å². The third kappa shape index (κ3) is 2.26. The van der Waals surface area contributed by atoms with Crippen molar-refractivity contribution in [2.24, 2.45) is 16.7 Å². The number of ether oxygens (including phenoxy) is 1. The van der Waals surface area contributed by atoms with Gasteiger partial charge in [-0.1, -0.05) is 20.8 Å². The van der Waals surface area contributed by atoms with Crippen molar-refractivity contribution in [3.8, 4) is 5.88 Å². The highest BCUT2D eigenvalue weighted by molar-refractivity contribution is 5.25. The summed E-state index contributed by atoms with van der Waals surface area (Å²) < 4.78 is 6.38. The van der Waals surface area contributed by atoms with E-state index in [1.165, 1.54) is 24.8 Å². The van der Waals surface area contributed by atoms with Gasteiger partial charge in [0.25, 0.3) is 0 Å². The van der Waals surface area contributed by atoms with E-state index >= 15 is 0 Å². The Hall–Kier alpha value is -1.09. The Bertz CT molecular complexity index is 540. The van der Waals surface area contributed by atoms with Gasteiger partial charge in [0.05, 0.1) is 0 Å². The number of nitrogens with one attached hydrogen (secondary N) is 1. The monoisotopic (exact) mass is 288 g/mol. The molecule has 0 spiro atoms. The fourth-order valence-electron chi connectivity index (χ4n) is 4.53. The molecular weight excluding hydrogens is 260 g/mol. The maximum atomic E-state index is 6.38. The molecule has 1 aromatic heterocycles. The molecule has 2 aliphatic carbocycles. The fraction of sp³-hybridized carbons (Fsp3) is 0.722. The maximum Gasteiger partial charge on any atom is 0.214 e. The minimum atomic E-state index is 0.284. The highest BCUT2D eigenvalue weighted by atomic mass is 16.5. The van der Waals surface area contributed by atoms with E-state index in [-0.39, 0.29) is 5.41 Å². The lowest BCUT2D eigenvalue weighted by molar-refractivity contribution is 0.0272. The van der Waals surface area contributed by atoms with Gasteiger partial charge in [-0.25, -0.2) is 4.98 Å². The van der Waals surface area contributed by atoms with E-state index in [4.69, 9.17) is 4.74 Å². The van der Waals surface area contributed by atoms with Gasteiger partial charge in [0.15, 0.2) is 0 Å². The van der Waals surface area contributed by atoms with Crippen LogP contribution in [0.25, 0.3) is 0 Å². The molecular formula is C18H28N2O. The summed E-state index contributed by atoms with van der Waals surface area (Å²) in [4.78, 5) is 4.59. The summed E-state index contributed by atoms with van der Waals surface area (Å²) >= 11 is 0. The van der Waals surface area contributed by atoms with E-state index in [9.17, 15) is 0 Å². The maximum absolute atomic E-state index is 6.38. The molecule has 3 nitrogen and oxygen atoms in total. The van der Waals surface area contributed by atoms with Crippen LogP contribution in [0, 0.1) is 23.7 Å². The summed E-state index contributed by atoms with van der Waals surface area (Å²) in [5, 5.41) is 3.20. The van der Waals surface area contributed by atoms with Crippen molar-refractivity contribution in [3.63, 3.8) is 0 Å². The van der Waals surface area contributed by atoms with E-state index in [1.54, 1.807) is 0 Å². The molecule has 2 aliphatic rings. The second-order valence-corrected chi connectivity index (χ2v) is 7.70. The molecule has 0 radical (unpaired) electrons. The van der Waals surface area contributed by atoms with E-state index in [1.807, 2.05) is 14.0 Å². The molecule has 3 rings (SSSR count). The first kappa shape index (κ1) is 14.8. The Balaban J connectivity index is 1.82. The van der Waals surface area contributed by atoms with E-state index in [2.05, 4.69) is 43.2 Å². The minimum absolute atomic E-state index is 0.284. The molecule has 3 heteroatoms. The molecule has 0 amide bonds. The van der Waals surface area contributed by atoms with Gasteiger partial charge in [0.1, 0.15) is 6.10 Å². The SMILES string of the molecule is CNCc1cc(C)nc(OC2CC3CCC2(C)C3(C)C)c1. The third-order valence-corrected chi connectivity index (χ3v) is 6.35. The number of rotatable bonds is 4. The number of pyridine rings is 1. The highest BCUT2D eigenvalue weighted by Gasteiger charge is 2.62. The molecule has 0 aromatic carbocycles. The molecule has 2 bridgehead atoms. The van der Waals surface area contributed by atoms with Crippen LogP contribution in [-0.4, -0.2) is 18.1 Å². The number of hydrogen-bond donors (Lipinski definition) is 1. The van der Waals surface area contributed by atoms with Crippen LogP contribution in [-0.2, 0) is 6.54 Å². The highest BCUT2D eigenvalue weighted by Crippen LogP contribution is 2.66. The van der Waals surface area contributed by atoms with Gasteiger partial charge in [-0.3, -0.25) is 0 Å². The van der Waals surface area contributed by atoms with Crippen LogP contribution in [0.1, 0.15) is 51.3 Å². The summed E-state index contributed by atoms with van der Waals surface area (Å²) in [7, 11) is 1.97. The topological polar surface area (TPSA) is 34.2 Å². The number of aromatic nitrogens is 1. The summed E-state index contributed by atoms with van der Waals surface area (Å²) in [5.41, 5.74) is 2.94. The van der Waals surface area contributed by atoms with Gasteiger partial charge in [0.2, 0.25) is 5.88 Å². The van der Waals surface area contributed by atoms with E-state index < -0.39 is 0 Å². The van der Waals surface area contributed by atoms with Crippen molar-refractivity contribution in [2.45, 2.75) is 59.6 Å². The molecule has 1 aromatic rings. The van der Waals surface area contributed by atoms with Crippen LogP contribution < -0.4 is 10.1 Å². The lowest BCUT2D eigenvalue weighted by atomic mass is 9.70. The van der Waals surface area contributed by atoms with Gasteiger partial charge in [-0.2, -0.15) is 0 Å². The van der Waals surface area contributed by atoms with Gasteiger partial charge < -0.3 is 10.1 Å². The largest absolute Gasteiger partial charge is 0.474 e. The Morgan fingerprint density at radius 2 is 2.10 bits per heavy atom. The first-order valence-electron chi connectivity index (χ1n) is 8.15. The standard InChI is InChI=1S/C18H28N2O/c1-12-8-13(11-19-5)9-16(20-12)21-15-10-14-6-7-18(15,4)17(14,2)3/h8-9,14-15,19H,6-7,10-11H2,1-5H3. The van der Waals surface area contributed by atoms with Crippen LogP contribution >= 0.6 is 0 Å². The average Bonchev–Trinajstić information content (AvgIpc) is 2.71. The predicted octanol–water partition coefficient (Wildman–Crippen LogP) is 3.70. The number of hydrogen-bond acceptors (Lipinski definition) is 3. The average molecular weight is 288 g/mol. The minimum Gasteiger partial charge on any atom is -0.474 e. The Morgan fingerprint density at radius 3 is 2.67 bits per heavy atom. The normalized spacial score (nSPS) is 33.4. The van der Waals surface area contributed by atoms with Crippen LogP contribution in [0.5, 0.6) is 5.88 Å². The number of fused-ring (bicyclic) bond motifs is 2. The molecule has 1 N–H and O–H groups in total. The van der Waals surface area contributed by atoms with Crippen molar-refractivity contribution >= 4 is 0 Å². The van der Waals surface area contributed by atoms with Crippen LogP contribution in [0.15, 0.2) is 12.1 Å². The molecule has 3 atom stereocenters. The zero-order valence-corrected chi connectivity index (χ0v) is 14.0. The third-order valence-electron chi connectivity index (χ3n) is 6.35. The van der Waals surface area contributed by atoms with Crippen molar-refractivity contribution in [2.75, 3.05) is 7.05 Å². The van der Waals surface area contributed by atoms with Crippen molar-refractivity contribution in [1.82, 2.24) is 10.3 Å². The first-order chi connectivity index (χ1) is 9.86. The quantitative estimate of drug-likeness (QED) is 0.917. The van der Waals surface area contributed by atoms with Crippen LogP contribution in [0.3, 0.4) is 0 Å². The molecule has 0 saturated heterocycles. The molecule has 2 saturated carbocycles. The van der Waals surface area contributed by atoms with Crippen LogP contribution in [0.2, 0.25) is 0 Å². The molecule has 3 unspecified atom stereocenters. The smallest absolute Gasteiger partial charge is 0.214 e. The lowest BCUT2D eigenvalue weighted by Gasteiger charge is -2.38. The second-order valence-electron chi connectivity index (χ2n) is 7.70. The Morgan fingerprint density at radius 1 is 1.33 bits per heavy atom. The van der Waals surface area contributed by atoms with Gasteiger partial charge in [-0.15, -0.1) is 0 Å². The predicted molar refractivity (Wildman–Crippen MR) is 85.4 cm³/mol. The van der Waals surface area contributed by atoms with Crippen LogP contribution in [0.4, 0.5) is 0 Å². The van der Waals surface area contributed by atoms with Crippen molar-refractivity contribution < 1.29 is 4.74 Å². The summed E-state index contributed by atoms with van der Waals surface area (Å²) in [5.74, 6) is 1.60. The molecule has 116 valence electrons. The summed E-state index contributed by atoms with van der Waals surface area (Å²) in [6.45, 7) is 10.2. The van der Waals surface area contributed by atoms with Gasteiger partial charge in [-0.05, 0) is 56.2 Å². The van der Waals surface area contributed by atoms with E-state index in [0.717, 1.165) is 24.0 Å². The molecule has 0 aliphatic heterocycles. The summed E-state index contributed by atoms with van der Waals surface area (Å²) in [6.07, 6.45) is 4.13. The fourth-order valence-corrected chi connectivity index (χ4v) is 4.53. The van der Waals surface area contributed by atoms with Crippen molar-refractivity contribution in [3.05, 3.63) is 23.4 Å². The van der Waals surface area contributed by atoms with Gasteiger partial charge >= 0.3 is 0 Å². The molecule has 1 heterocycles. The first-order valence-corrected chi connectivity index (χ1v) is 8.15. The lowest BCUT2D eigenvalue weighted by Crippen LogP contribution is -2.39. The number of aryl methyl sites for hydroxylation is 1. The van der Waals surface area contributed by atoms with Gasteiger partial charge in [0, 0.05) is 23.7 Å². The Kier molecular flexibility index (Phi) is 3.52. The second kappa shape index (κ2) is 4.98. The van der Waals surface area contributed by atoms with Crippen molar-refractivity contribution in [1.29, 1.82) is 0 Å².